The minimum Gasteiger partial charge on any atom is -0.491 e. The Bertz CT molecular complexity index is 915. The van der Waals surface area contributed by atoms with Crippen molar-refractivity contribution in [3.63, 3.8) is 0 Å². The Morgan fingerprint density at radius 3 is 2.96 bits per heavy atom. The Hall–Kier alpha value is -2.11. The van der Waals surface area contributed by atoms with E-state index in [1.165, 1.54) is 6.42 Å². The summed E-state index contributed by atoms with van der Waals surface area (Å²) in [5.41, 5.74) is 3.83. The first-order valence-electron chi connectivity index (χ1n) is 9.13. The largest absolute Gasteiger partial charge is 0.491 e. The first-order chi connectivity index (χ1) is 12.6. The Labute approximate surface area is 158 Å². The van der Waals surface area contributed by atoms with Gasteiger partial charge in [0.15, 0.2) is 0 Å². The van der Waals surface area contributed by atoms with Crippen molar-refractivity contribution in [3.05, 3.63) is 47.4 Å². The number of rotatable bonds is 4. The van der Waals surface area contributed by atoms with Crippen molar-refractivity contribution in [1.82, 2.24) is 19.9 Å². The van der Waals surface area contributed by atoms with Crippen LogP contribution in [0.1, 0.15) is 38.3 Å². The fraction of sp³-hybridized carbons (Fsp3) is 0.400. The van der Waals surface area contributed by atoms with Gasteiger partial charge in [-0.15, -0.1) is 0 Å². The number of fused-ring (bicyclic) bond motifs is 1. The zero-order valence-electron chi connectivity index (χ0n) is 15.1. The molecule has 0 saturated carbocycles. The van der Waals surface area contributed by atoms with Gasteiger partial charge in [0, 0.05) is 41.0 Å². The molecule has 3 aromatic rings. The number of hydrogen-bond acceptors (Lipinski definition) is 4. The van der Waals surface area contributed by atoms with Crippen LogP contribution in [0.25, 0.3) is 16.8 Å². The van der Waals surface area contributed by atoms with Gasteiger partial charge in [0.05, 0.1) is 23.5 Å². The lowest BCUT2D eigenvalue weighted by molar-refractivity contribution is 0.242. The number of ether oxygens (including phenoxy) is 1. The van der Waals surface area contributed by atoms with Gasteiger partial charge in [-0.05, 0) is 51.4 Å². The molecule has 0 bridgehead atoms. The minimum absolute atomic E-state index is 0.124. The second kappa shape index (κ2) is 7.25. The number of nitrogens with zero attached hydrogens (tertiary/aromatic N) is 3. The van der Waals surface area contributed by atoms with Crippen LogP contribution in [-0.4, -0.2) is 33.8 Å². The molecule has 136 valence electrons. The summed E-state index contributed by atoms with van der Waals surface area (Å²) in [6.07, 6.45) is 6.18. The summed E-state index contributed by atoms with van der Waals surface area (Å²) in [4.78, 5) is 4.92. The monoisotopic (exact) mass is 370 g/mol. The van der Waals surface area contributed by atoms with Crippen molar-refractivity contribution in [1.29, 1.82) is 0 Å². The molecule has 0 aromatic carbocycles. The maximum atomic E-state index is 6.43. The normalized spacial score (nSPS) is 17.8. The molecule has 0 amide bonds. The average molecular weight is 371 g/mol. The molecule has 1 atom stereocenters. The van der Waals surface area contributed by atoms with Crippen molar-refractivity contribution in [2.75, 3.05) is 13.1 Å². The number of nitrogens with one attached hydrogen (secondary N) is 1. The highest BCUT2D eigenvalue weighted by atomic mass is 35.5. The summed E-state index contributed by atoms with van der Waals surface area (Å²) in [5.74, 6) is 1.23. The van der Waals surface area contributed by atoms with Gasteiger partial charge in [0.2, 0.25) is 0 Å². The zero-order valence-corrected chi connectivity index (χ0v) is 15.8. The SMILES string of the molecule is CC(C)Oc1ccn2ncc(-c3cc(Cl)cc(C4CCCNC4)n3)c2c1. The molecule has 4 heterocycles. The summed E-state index contributed by atoms with van der Waals surface area (Å²) >= 11 is 6.43. The summed E-state index contributed by atoms with van der Waals surface area (Å²) in [5, 5.41) is 8.61. The van der Waals surface area contributed by atoms with Crippen LogP contribution in [0.15, 0.2) is 36.7 Å². The summed E-state index contributed by atoms with van der Waals surface area (Å²) in [6, 6.07) is 7.83. The molecule has 1 aliphatic rings. The number of halogens is 1. The van der Waals surface area contributed by atoms with E-state index < -0.39 is 0 Å². The standard InChI is InChI=1S/C20H23ClN4O/c1-13(2)26-16-5-7-25-20(10-16)17(12-23-25)19-9-15(21)8-18(24-19)14-4-3-6-22-11-14/h5,7-10,12-14,22H,3-4,6,11H2,1-2H3. The van der Waals surface area contributed by atoms with E-state index in [0.29, 0.717) is 10.9 Å². The van der Waals surface area contributed by atoms with Crippen LogP contribution < -0.4 is 10.1 Å². The van der Waals surface area contributed by atoms with Gasteiger partial charge < -0.3 is 10.1 Å². The van der Waals surface area contributed by atoms with Gasteiger partial charge in [-0.3, -0.25) is 4.98 Å². The third kappa shape index (κ3) is 3.55. The van der Waals surface area contributed by atoms with Crippen molar-refractivity contribution < 1.29 is 4.74 Å². The van der Waals surface area contributed by atoms with E-state index >= 15 is 0 Å². The van der Waals surface area contributed by atoms with Gasteiger partial charge >= 0.3 is 0 Å². The fourth-order valence-electron chi connectivity index (χ4n) is 3.47. The van der Waals surface area contributed by atoms with Crippen molar-refractivity contribution >= 4 is 17.1 Å². The molecular weight excluding hydrogens is 348 g/mol. The second-order valence-electron chi connectivity index (χ2n) is 7.06. The maximum Gasteiger partial charge on any atom is 0.123 e. The molecule has 1 unspecified atom stereocenters. The minimum atomic E-state index is 0.124. The number of aromatic nitrogens is 3. The van der Waals surface area contributed by atoms with E-state index in [1.54, 1.807) is 0 Å². The highest BCUT2D eigenvalue weighted by molar-refractivity contribution is 6.30. The molecule has 1 N–H and O–H groups in total. The van der Waals surface area contributed by atoms with Crippen LogP contribution in [0.3, 0.4) is 0 Å². The Morgan fingerprint density at radius 1 is 1.31 bits per heavy atom. The molecule has 6 heteroatoms. The van der Waals surface area contributed by atoms with Crippen molar-refractivity contribution in [2.45, 2.75) is 38.7 Å². The van der Waals surface area contributed by atoms with Gasteiger partial charge in [-0.2, -0.15) is 5.10 Å². The molecule has 3 aromatic heterocycles. The topological polar surface area (TPSA) is 51.5 Å². The zero-order chi connectivity index (χ0) is 18.1. The van der Waals surface area contributed by atoms with Crippen LogP contribution in [-0.2, 0) is 0 Å². The van der Waals surface area contributed by atoms with E-state index in [1.807, 2.05) is 55.0 Å². The smallest absolute Gasteiger partial charge is 0.123 e. The lowest BCUT2D eigenvalue weighted by Gasteiger charge is -2.22. The molecule has 1 fully saturated rings. The maximum absolute atomic E-state index is 6.43. The van der Waals surface area contributed by atoms with Gasteiger partial charge in [0.1, 0.15) is 5.75 Å². The quantitative estimate of drug-likeness (QED) is 0.743. The van der Waals surface area contributed by atoms with Crippen LogP contribution in [0, 0.1) is 0 Å². The lowest BCUT2D eigenvalue weighted by Crippen LogP contribution is -2.28. The third-order valence-corrected chi connectivity index (χ3v) is 4.88. The van der Waals surface area contributed by atoms with Crippen LogP contribution in [0.4, 0.5) is 0 Å². The Kier molecular flexibility index (Phi) is 4.83. The van der Waals surface area contributed by atoms with E-state index in [-0.39, 0.29) is 6.10 Å². The van der Waals surface area contributed by atoms with E-state index in [0.717, 1.165) is 47.7 Å². The summed E-state index contributed by atoms with van der Waals surface area (Å²) < 4.78 is 7.67. The average Bonchev–Trinajstić information content (AvgIpc) is 3.05. The molecule has 1 saturated heterocycles. The lowest BCUT2D eigenvalue weighted by atomic mass is 9.95. The number of piperidine rings is 1. The van der Waals surface area contributed by atoms with Crippen LogP contribution in [0.5, 0.6) is 5.75 Å². The molecule has 5 nitrogen and oxygen atoms in total. The molecule has 4 rings (SSSR count). The van der Waals surface area contributed by atoms with Gasteiger partial charge in [-0.1, -0.05) is 11.6 Å². The van der Waals surface area contributed by atoms with E-state index in [4.69, 9.17) is 21.3 Å². The van der Waals surface area contributed by atoms with Crippen LogP contribution in [0.2, 0.25) is 5.02 Å². The molecule has 26 heavy (non-hydrogen) atoms. The Morgan fingerprint density at radius 2 is 2.19 bits per heavy atom. The predicted molar refractivity (Wildman–Crippen MR) is 104 cm³/mol. The third-order valence-electron chi connectivity index (χ3n) is 4.67. The summed E-state index contributed by atoms with van der Waals surface area (Å²) in [6.45, 7) is 6.07. The first kappa shape index (κ1) is 17.3. The van der Waals surface area contributed by atoms with E-state index in [9.17, 15) is 0 Å². The molecule has 0 aliphatic carbocycles. The van der Waals surface area contributed by atoms with Gasteiger partial charge in [-0.25, -0.2) is 4.52 Å². The number of pyridine rings is 2. The molecule has 1 aliphatic heterocycles. The molecule has 0 radical (unpaired) electrons. The van der Waals surface area contributed by atoms with E-state index in [2.05, 4.69) is 10.4 Å². The fourth-order valence-corrected chi connectivity index (χ4v) is 3.69. The second-order valence-corrected chi connectivity index (χ2v) is 7.49. The predicted octanol–water partition coefficient (Wildman–Crippen LogP) is 4.30. The highest BCUT2D eigenvalue weighted by Gasteiger charge is 2.19. The highest BCUT2D eigenvalue weighted by Crippen LogP contribution is 2.31. The first-order valence-corrected chi connectivity index (χ1v) is 9.50. The number of hydrogen-bond donors (Lipinski definition) is 1. The molecule has 0 spiro atoms. The van der Waals surface area contributed by atoms with Crippen molar-refractivity contribution in [2.24, 2.45) is 0 Å². The summed E-state index contributed by atoms with van der Waals surface area (Å²) in [7, 11) is 0. The van der Waals surface area contributed by atoms with Crippen LogP contribution >= 0.6 is 11.6 Å². The Balaban J connectivity index is 1.75. The molecular formula is C20H23ClN4O. The van der Waals surface area contributed by atoms with Gasteiger partial charge in [0.25, 0.3) is 0 Å². The van der Waals surface area contributed by atoms with Crippen molar-refractivity contribution in [3.8, 4) is 17.0 Å².